The third-order valence-corrected chi connectivity index (χ3v) is 11.7. The molecule has 2 aromatic rings. The van der Waals surface area contributed by atoms with Gasteiger partial charge in [-0.25, -0.2) is 13.1 Å². The van der Waals surface area contributed by atoms with Crippen molar-refractivity contribution < 1.29 is 22.7 Å². The van der Waals surface area contributed by atoms with Crippen molar-refractivity contribution in [3.63, 3.8) is 0 Å². The van der Waals surface area contributed by atoms with Gasteiger partial charge in [-0.05, 0) is 86.1 Å². The fourth-order valence-corrected chi connectivity index (χ4v) is 10.3. The van der Waals surface area contributed by atoms with E-state index in [1.54, 1.807) is 0 Å². The smallest absolute Gasteiger partial charge is 0.303 e. The topological polar surface area (TPSA) is 84.9 Å². The molecule has 2 saturated carbocycles. The van der Waals surface area contributed by atoms with Crippen LogP contribution in [0, 0.1) is 11.8 Å². The first-order valence-electron chi connectivity index (χ1n) is 15.4. The van der Waals surface area contributed by atoms with Crippen LogP contribution in [0.15, 0.2) is 42.5 Å². The molecule has 7 rings (SSSR count). The van der Waals surface area contributed by atoms with Gasteiger partial charge in [0.05, 0.1) is 23.3 Å². The minimum atomic E-state index is -3.67. The Kier molecular flexibility index (Phi) is 6.56. The van der Waals surface area contributed by atoms with Crippen molar-refractivity contribution >= 4 is 16.0 Å². The van der Waals surface area contributed by atoms with E-state index in [9.17, 15) is 13.2 Å². The SMILES string of the molecule is CC(=O)O[C@@]12CC[C@@H](NS(=O)(=O)Cc3ccccc3CC(C)C)[C@@H]3Oc4cccc5c4[C@@]31CCN(CC1CC1)[C@@H]2C5. The molecule has 5 atom stereocenters. The Hall–Kier alpha value is -2.42. The molecule has 1 spiro atoms. The van der Waals surface area contributed by atoms with E-state index in [0.717, 1.165) is 60.7 Å². The molecule has 8 heteroatoms. The molecule has 1 N–H and O–H groups in total. The number of rotatable bonds is 9. The summed E-state index contributed by atoms with van der Waals surface area (Å²) in [6.45, 7) is 7.76. The molecule has 2 aromatic carbocycles. The predicted octanol–water partition coefficient (Wildman–Crippen LogP) is 4.51. The zero-order chi connectivity index (χ0) is 28.6. The fourth-order valence-electron chi connectivity index (χ4n) is 8.82. The largest absolute Gasteiger partial charge is 0.487 e. The maximum Gasteiger partial charge on any atom is 0.303 e. The normalized spacial score (nSPS) is 32.0. The van der Waals surface area contributed by atoms with Crippen LogP contribution in [0.4, 0.5) is 0 Å². The summed E-state index contributed by atoms with van der Waals surface area (Å²) in [6.07, 6.45) is 5.73. The molecule has 2 heterocycles. The number of esters is 1. The van der Waals surface area contributed by atoms with Gasteiger partial charge in [0.1, 0.15) is 17.5 Å². The number of benzene rings is 2. The van der Waals surface area contributed by atoms with Gasteiger partial charge in [-0.1, -0.05) is 50.2 Å². The maximum atomic E-state index is 13.8. The molecular weight excluding hydrogens is 536 g/mol. The number of hydrogen-bond acceptors (Lipinski definition) is 6. The number of carbonyl (C=O) groups excluding carboxylic acids is 1. The van der Waals surface area contributed by atoms with E-state index < -0.39 is 33.2 Å². The van der Waals surface area contributed by atoms with Crippen LogP contribution in [-0.4, -0.2) is 56.2 Å². The zero-order valence-electron chi connectivity index (χ0n) is 24.4. The highest BCUT2D eigenvalue weighted by molar-refractivity contribution is 7.88. The number of sulfonamides is 1. The molecule has 7 nitrogen and oxygen atoms in total. The van der Waals surface area contributed by atoms with E-state index in [0.29, 0.717) is 18.8 Å². The summed E-state index contributed by atoms with van der Waals surface area (Å²) in [6, 6.07) is 13.8. The van der Waals surface area contributed by atoms with Crippen LogP contribution in [0.25, 0.3) is 0 Å². The third kappa shape index (κ3) is 4.43. The maximum absolute atomic E-state index is 13.8. The first-order chi connectivity index (χ1) is 19.6. The Bertz CT molecular complexity index is 1470. The average Bonchev–Trinajstić information content (AvgIpc) is 3.65. The van der Waals surface area contributed by atoms with Crippen LogP contribution in [0.2, 0.25) is 0 Å². The first kappa shape index (κ1) is 27.4. The van der Waals surface area contributed by atoms with Gasteiger partial charge < -0.3 is 9.47 Å². The van der Waals surface area contributed by atoms with Crippen molar-refractivity contribution in [3.05, 3.63) is 64.7 Å². The molecule has 3 fully saturated rings. The number of nitrogens with one attached hydrogen (secondary N) is 1. The standard InChI is InChI=1S/C33H42N2O5S/c1-21(2)17-24-7-4-5-8-26(24)20-41(37,38)34-27-13-14-33(40-22(3)36)29-18-25-9-6-10-28-30(25)32(33,31(27)39-28)15-16-35(29)19-23-11-12-23/h4-10,21,23,27,29,31,34H,11-20H2,1-3H3/t27-,29-,31+,32+,33-/m1/s1. The number of nitrogens with zero attached hydrogens (tertiary/aromatic N) is 1. The van der Waals surface area contributed by atoms with E-state index in [-0.39, 0.29) is 17.8 Å². The second kappa shape index (κ2) is 9.81. The second-order valence-electron chi connectivity index (χ2n) is 13.6. The highest BCUT2D eigenvalue weighted by Crippen LogP contribution is 2.65. The molecule has 0 aromatic heterocycles. The van der Waals surface area contributed by atoms with Crippen molar-refractivity contribution in [2.75, 3.05) is 13.1 Å². The molecule has 41 heavy (non-hydrogen) atoms. The van der Waals surface area contributed by atoms with Gasteiger partial charge in [0.25, 0.3) is 0 Å². The Labute approximate surface area is 244 Å². The number of likely N-dealkylation sites (tertiary alicyclic amines) is 1. The van der Waals surface area contributed by atoms with Crippen molar-refractivity contribution in [3.8, 4) is 5.75 Å². The van der Waals surface area contributed by atoms with Crippen molar-refractivity contribution in [2.45, 2.75) is 101 Å². The molecule has 0 radical (unpaired) electrons. The molecule has 220 valence electrons. The Morgan fingerprint density at radius 2 is 1.88 bits per heavy atom. The van der Waals surface area contributed by atoms with Gasteiger partial charge in [-0.3, -0.25) is 9.69 Å². The molecule has 2 bridgehead atoms. The molecule has 0 amide bonds. The Morgan fingerprint density at radius 3 is 2.61 bits per heavy atom. The molecular formula is C33H42N2O5S. The number of carbonyl (C=O) groups is 1. The Balaban J connectivity index is 1.25. The van der Waals surface area contributed by atoms with Crippen LogP contribution in [-0.2, 0) is 43.6 Å². The third-order valence-electron chi connectivity index (χ3n) is 10.4. The van der Waals surface area contributed by atoms with Gasteiger partial charge in [-0.2, -0.15) is 0 Å². The minimum Gasteiger partial charge on any atom is -0.487 e. The lowest BCUT2D eigenvalue weighted by molar-refractivity contribution is -0.218. The van der Waals surface area contributed by atoms with E-state index in [1.807, 2.05) is 36.4 Å². The molecule has 3 aliphatic carbocycles. The van der Waals surface area contributed by atoms with Gasteiger partial charge in [0, 0.05) is 19.0 Å². The van der Waals surface area contributed by atoms with Crippen molar-refractivity contribution in [1.82, 2.24) is 9.62 Å². The van der Waals surface area contributed by atoms with Crippen LogP contribution in [0.1, 0.15) is 75.1 Å². The summed E-state index contributed by atoms with van der Waals surface area (Å²) in [7, 11) is -3.67. The van der Waals surface area contributed by atoms with Crippen molar-refractivity contribution in [2.24, 2.45) is 11.8 Å². The van der Waals surface area contributed by atoms with Gasteiger partial charge in [0.2, 0.25) is 10.0 Å². The lowest BCUT2D eigenvalue weighted by Crippen LogP contribution is -2.79. The lowest BCUT2D eigenvalue weighted by Gasteiger charge is -2.65. The van der Waals surface area contributed by atoms with E-state index in [2.05, 4.69) is 29.5 Å². The number of hydrogen-bond donors (Lipinski definition) is 1. The Morgan fingerprint density at radius 1 is 1.10 bits per heavy atom. The highest BCUT2D eigenvalue weighted by Gasteiger charge is 2.75. The van der Waals surface area contributed by atoms with Gasteiger partial charge in [-0.15, -0.1) is 0 Å². The van der Waals surface area contributed by atoms with Gasteiger partial charge in [0.15, 0.2) is 0 Å². The molecule has 5 aliphatic rings. The highest BCUT2D eigenvalue weighted by atomic mass is 32.2. The summed E-state index contributed by atoms with van der Waals surface area (Å²) in [5.74, 6) is 1.66. The fraction of sp³-hybridized carbons (Fsp3) is 0.606. The number of ether oxygens (including phenoxy) is 2. The van der Waals surface area contributed by atoms with Gasteiger partial charge >= 0.3 is 5.97 Å². The summed E-state index contributed by atoms with van der Waals surface area (Å²) in [5, 5.41) is 0. The quantitative estimate of drug-likeness (QED) is 0.441. The van der Waals surface area contributed by atoms with E-state index >= 15 is 0 Å². The van der Waals surface area contributed by atoms with Crippen LogP contribution < -0.4 is 9.46 Å². The lowest BCUT2D eigenvalue weighted by atomic mass is 9.48. The first-order valence-corrected chi connectivity index (χ1v) is 17.1. The summed E-state index contributed by atoms with van der Waals surface area (Å²) >= 11 is 0. The molecule has 1 saturated heterocycles. The zero-order valence-corrected chi connectivity index (χ0v) is 25.2. The van der Waals surface area contributed by atoms with Crippen LogP contribution in [0.3, 0.4) is 0 Å². The predicted molar refractivity (Wildman–Crippen MR) is 157 cm³/mol. The van der Waals surface area contributed by atoms with E-state index in [1.165, 1.54) is 25.3 Å². The number of piperidine rings is 1. The van der Waals surface area contributed by atoms with Crippen molar-refractivity contribution in [1.29, 1.82) is 0 Å². The average molecular weight is 579 g/mol. The van der Waals surface area contributed by atoms with Crippen LogP contribution in [0.5, 0.6) is 5.75 Å². The summed E-state index contributed by atoms with van der Waals surface area (Å²) < 4.78 is 44.0. The summed E-state index contributed by atoms with van der Waals surface area (Å²) in [4.78, 5) is 15.4. The van der Waals surface area contributed by atoms with E-state index in [4.69, 9.17) is 9.47 Å². The minimum absolute atomic E-state index is 0.0583. The molecule has 0 unspecified atom stereocenters. The summed E-state index contributed by atoms with van der Waals surface area (Å²) in [5.41, 5.74) is 3.03. The second-order valence-corrected chi connectivity index (χ2v) is 15.3. The van der Waals surface area contributed by atoms with Crippen LogP contribution >= 0.6 is 0 Å². The monoisotopic (exact) mass is 578 g/mol. The molecule has 2 aliphatic heterocycles.